The van der Waals surface area contributed by atoms with E-state index in [4.69, 9.17) is 15.3 Å². The van der Waals surface area contributed by atoms with Gasteiger partial charge < -0.3 is 21.1 Å². The van der Waals surface area contributed by atoms with Crippen LogP contribution in [0.2, 0.25) is 0 Å². The molecule has 0 rings (SSSR count). The topological polar surface area (TPSA) is 147 Å². The molecule has 0 aliphatic rings. The van der Waals surface area contributed by atoms with Gasteiger partial charge in [-0.2, -0.15) is 0 Å². The zero-order valence-electron chi connectivity index (χ0n) is 5.60. The smallest absolute Gasteiger partial charge is 0.347 e. The minimum Gasteiger partial charge on any atom is -0.480 e. The highest BCUT2D eigenvalue weighted by atomic mass is 16.4. The van der Waals surface area contributed by atoms with Gasteiger partial charge in [0, 0.05) is 0 Å². The van der Waals surface area contributed by atoms with Crippen LogP contribution < -0.4 is 11.5 Å². The van der Waals surface area contributed by atoms with E-state index >= 15 is 0 Å². The molecule has 0 saturated carbocycles. The van der Waals surface area contributed by atoms with Crippen molar-refractivity contribution in [1.82, 2.24) is 0 Å². The molecule has 0 radical (unpaired) electrons. The van der Waals surface area contributed by atoms with Crippen molar-refractivity contribution < 1.29 is 24.9 Å². The van der Waals surface area contributed by atoms with Crippen LogP contribution in [0.4, 0.5) is 0 Å². The summed E-state index contributed by atoms with van der Waals surface area (Å²) < 4.78 is 0. The van der Waals surface area contributed by atoms with Gasteiger partial charge in [-0.1, -0.05) is 0 Å². The fourth-order valence-corrected chi connectivity index (χ4v) is 0. The molecule has 0 aliphatic carbocycles. The number of carboxylic acids is 2. The lowest BCUT2D eigenvalue weighted by atomic mass is 10.6. The number of aliphatic hydroxyl groups is 1. The molecule has 1 atom stereocenters. The Balaban J connectivity index is 0. The maximum absolute atomic E-state index is 9.32. The van der Waals surface area contributed by atoms with Crippen molar-refractivity contribution in [1.29, 1.82) is 0 Å². The average molecular weight is 166 g/mol. The van der Waals surface area contributed by atoms with Gasteiger partial charge >= 0.3 is 11.9 Å². The van der Waals surface area contributed by atoms with Crippen LogP contribution in [-0.4, -0.2) is 40.0 Å². The summed E-state index contributed by atoms with van der Waals surface area (Å²) in [6.07, 6.45) is -1.73. The number of nitrogens with two attached hydrogens (primary N) is 2. The van der Waals surface area contributed by atoms with E-state index in [0.717, 1.165) is 0 Å². The fourth-order valence-electron chi connectivity index (χ4n) is 0. The van der Waals surface area contributed by atoms with Gasteiger partial charge in [0.05, 0.1) is 6.54 Å². The molecule has 0 saturated heterocycles. The van der Waals surface area contributed by atoms with Crippen LogP contribution >= 0.6 is 0 Å². The van der Waals surface area contributed by atoms with Crippen molar-refractivity contribution in [2.24, 2.45) is 11.5 Å². The second-order valence-corrected chi connectivity index (χ2v) is 1.38. The molecule has 11 heavy (non-hydrogen) atoms. The lowest BCUT2D eigenvalue weighted by Crippen LogP contribution is -2.28. The summed E-state index contributed by atoms with van der Waals surface area (Å²) in [5.74, 6) is -2.37. The van der Waals surface area contributed by atoms with Gasteiger partial charge in [-0.15, -0.1) is 0 Å². The molecule has 0 heterocycles. The highest BCUT2D eigenvalue weighted by Crippen LogP contribution is 1.62. The fraction of sp³-hybridized carbons (Fsp3) is 0.500. The SMILES string of the molecule is NC(O)C(=O)O.NCC(=O)O. The average Bonchev–Trinajstić information content (AvgIpc) is 1.89. The number of aliphatic hydroxyl groups excluding tert-OH is 1. The van der Waals surface area contributed by atoms with E-state index in [1.54, 1.807) is 0 Å². The highest BCUT2D eigenvalue weighted by molar-refractivity contribution is 5.70. The van der Waals surface area contributed by atoms with E-state index < -0.39 is 18.2 Å². The maximum Gasteiger partial charge on any atom is 0.347 e. The first-order valence-corrected chi connectivity index (χ1v) is 2.50. The van der Waals surface area contributed by atoms with Gasteiger partial charge in [-0.05, 0) is 0 Å². The number of hydrogen-bond acceptors (Lipinski definition) is 5. The Morgan fingerprint density at radius 3 is 1.55 bits per heavy atom. The summed E-state index contributed by atoms with van der Waals surface area (Å²) in [7, 11) is 0. The van der Waals surface area contributed by atoms with Crippen molar-refractivity contribution in [3.05, 3.63) is 0 Å². The molecule has 0 amide bonds. The van der Waals surface area contributed by atoms with Crippen molar-refractivity contribution in [2.45, 2.75) is 6.23 Å². The second-order valence-electron chi connectivity index (χ2n) is 1.38. The van der Waals surface area contributed by atoms with Gasteiger partial charge in [0.2, 0.25) is 6.23 Å². The van der Waals surface area contributed by atoms with E-state index in [2.05, 4.69) is 11.5 Å². The normalized spacial score (nSPS) is 10.8. The molecule has 66 valence electrons. The summed E-state index contributed by atoms with van der Waals surface area (Å²) >= 11 is 0. The van der Waals surface area contributed by atoms with Crippen LogP contribution in [0.15, 0.2) is 0 Å². The lowest BCUT2D eigenvalue weighted by Gasteiger charge is -1.89. The second kappa shape index (κ2) is 6.93. The standard InChI is InChI=1S/C2H5NO3.C2H5NO2/c3-1(4)2(5)6;3-1-2(4)5/h1,4H,3H2,(H,5,6);1,3H2,(H,4,5). The summed E-state index contributed by atoms with van der Waals surface area (Å²) in [5.41, 5.74) is 8.96. The van der Waals surface area contributed by atoms with E-state index in [9.17, 15) is 9.59 Å². The third kappa shape index (κ3) is 17.7. The molecule has 0 aliphatic heterocycles. The first-order chi connectivity index (χ1) is 4.91. The molecule has 0 bridgehead atoms. The van der Waals surface area contributed by atoms with Gasteiger partial charge in [0.25, 0.3) is 0 Å². The number of carboxylic acid groups (broad SMARTS) is 2. The van der Waals surface area contributed by atoms with Gasteiger partial charge in [-0.25, -0.2) is 4.79 Å². The molecule has 7 N–H and O–H groups in total. The minimum atomic E-state index is -1.73. The molecular weight excluding hydrogens is 156 g/mol. The predicted octanol–water partition coefficient (Wildman–Crippen LogP) is -2.62. The quantitative estimate of drug-likeness (QED) is 0.282. The van der Waals surface area contributed by atoms with E-state index in [-0.39, 0.29) is 6.54 Å². The Kier molecular flexibility index (Phi) is 7.87. The Morgan fingerprint density at radius 2 is 1.55 bits per heavy atom. The summed E-state index contributed by atoms with van der Waals surface area (Å²) in [6, 6.07) is 0. The zero-order valence-corrected chi connectivity index (χ0v) is 5.60. The first-order valence-electron chi connectivity index (χ1n) is 2.50. The van der Waals surface area contributed by atoms with Gasteiger partial charge in [-0.3, -0.25) is 10.5 Å². The van der Waals surface area contributed by atoms with Crippen LogP contribution in [0.1, 0.15) is 0 Å². The Hall–Kier alpha value is -1.18. The number of aliphatic carboxylic acids is 2. The Morgan fingerprint density at radius 1 is 1.36 bits per heavy atom. The van der Waals surface area contributed by atoms with Gasteiger partial charge in [0.15, 0.2) is 0 Å². The van der Waals surface area contributed by atoms with Crippen LogP contribution in [0, 0.1) is 0 Å². The zero-order chi connectivity index (χ0) is 9.44. The monoisotopic (exact) mass is 166 g/mol. The van der Waals surface area contributed by atoms with E-state index in [1.165, 1.54) is 0 Å². The van der Waals surface area contributed by atoms with Crippen molar-refractivity contribution in [3.8, 4) is 0 Å². The molecule has 0 aromatic rings. The van der Waals surface area contributed by atoms with E-state index in [0.29, 0.717) is 0 Å². The molecule has 0 aromatic carbocycles. The predicted molar refractivity (Wildman–Crippen MR) is 34.5 cm³/mol. The molecule has 0 spiro atoms. The van der Waals surface area contributed by atoms with Crippen LogP contribution in [0.3, 0.4) is 0 Å². The van der Waals surface area contributed by atoms with Crippen LogP contribution in [0.5, 0.6) is 0 Å². The molecular formula is C4H10N2O5. The maximum atomic E-state index is 9.32. The number of rotatable bonds is 2. The minimum absolute atomic E-state index is 0.278. The Bertz CT molecular complexity index is 134. The highest BCUT2D eigenvalue weighted by Gasteiger charge is 2.02. The third-order valence-electron chi connectivity index (χ3n) is 0.428. The van der Waals surface area contributed by atoms with Crippen LogP contribution in [0.25, 0.3) is 0 Å². The van der Waals surface area contributed by atoms with Gasteiger partial charge in [0.1, 0.15) is 0 Å². The van der Waals surface area contributed by atoms with Crippen LogP contribution in [-0.2, 0) is 9.59 Å². The summed E-state index contributed by atoms with van der Waals surface area (Å²) in [4.78, 5) is 18.6. The molecule has 7 heteroatoms. The first kappa shape index (κ1) is 12.5. The van der Waals surface area contributed by atoms with Crippen molar-refractivity contribution >= 4 is 11.9 Å². The summed E-state index contributed by atoms with van der Waals surface area (Å²) in [5, 5.41) is 23.0. The lowest BCUT2D eigenvalue weighted by molar-refractivity contribution is -0.146. The number of carbonyl (C=O) groups is 2. The van der Waals surface area contributed by atoms with Crippen molar-refractivity contribution in [2.75, 3.05) is 6.54 Å². The molecule has 7 nitrogen and oxygen atoms in total. The third-order valence-corrected chi connectivity index (χ3v) is 0.428. The van der Waals surface area contributed by atoms with E-state index in [1.807, 2.05) is 0 Å². The largest absolute Gasteiger partial charge is 0.480 e. The Labute approximate surface area is 62.2 Å². The number of hydrogen-bond donors (Lipinski definition) is 5. The molecule has 1 unspecified atom stereocenters. The molecule has 0 aromatic heterocycles. The summed E-state index contributed by atoms with van der Waals surface area (Å²) in [6.45, 7) is -0.278. The van der Waals surface area contributed by atoms with Crippen molar-refractivity contribution in [3.63, 3.8) is 0 Å². The molecule has 0 fully saturated rings.